The molecule has 2 aromatic rings. The Bertz CT molecular complexity index is 789. The van der Waals surface area contributed by atoms with Crippen molar-refractivity contribution in [3.63, 3.8) is 0 Å². The van der Waals surface area contributed by atoms with Gasteiger partial charge in [0.05, 0.1) is 6.54 Å². The molecule has 0 saturated heterocycles. The standard InChI is InChI=1S/C19H22FN3O3.HI/c1-21-19(23(2)12-14-4-3-5-15(20)10-14)22-8-9-24-16-6-7-17-18(11-16)26-13-25-17;/h3-7,10-11H,8-9,12-13H2,1-2H3,(H,21,22);1H. The van der Waals surface area contributed by atoms with E-state index < -0.39 is 0 Å². The molecule has 8 heteroatoms. The highest BCUT2D eigenvalue weighted by atomic mass is 127. The Hall–Kier alpha value is -2.23. The second-order valence-corrected chi connectivity index (χ2v) is 5.82. The van der Waals surface area contributed by atoms with Gasteiger partial charge in [-0.15, -0.1) is 24.0 Å². The van der Waals surface area contributed by atoms with E-state index in [1.54, 1.807) is 13.1 Å². The fraction of sp³-hybridized carbons (Fsp3) is 0.316. The second kappa shape index (κ2) is 10.2. The predicted molar refractivity (Wildman–Crippen MR) is 113 cm³/mol. The van der Waals surface area contributed by atoms with Crippen LogP contribution in [0, 0.1) is 5.82 Å². The van der Waals surface area contributed by atoms with E-state index in [4.69, 9.17) is 14.2 Å². The molecule has 1 aliphatic heterocycles. The molecule has 0 radical (unpaired) electrons. The van der Waals surface area contributed by atoms with E-state index in [-0.39, 0.29) is 36.6 Å². The molecule has 146 valence electrons. The van der Waals surface area contributed by atoms with Crippen LogP contribution in [0.5, 0.6) is 17.2 Å². The third-order valence-electron chi connectivity index (χ3n) is 3.88. The minimum atomic E-state index is -0.240. The number of guanidine groups is 1. The van der Waals surface area contributed by atoms with Gasteiger partial charge < -0.3 is 24.4 Å². The van der Waals surface area contributed by atoms with Crippen molar-refractivity contribution in [2.75, 3.05) is 34.0 Å². The number of nitrogens with one attached hydrogen (secondary N) is 1. The lowest BCUT2D eigenvalue weighted by Crippen LogP contribution is -2.40. The molecule has 3 rings (SSSR count). The van der Waals surface area contributed by atoms with Crippen LogP contribution in [0.15, 0.2) is 47.5 Å². The Balaban J connectivity index is 0.00000261. The van der Waals surface area contributed by atoms with Crippen molar-refractivity contribution >= 4 is 29.9 Å². The van der Waals surface area contributed by atoms with Gasteiger partial charge in [0.2, 0.25) is 6.79 Å². The third kappa shape index (κ3) is 5.88. The molecule has 1 aliphatic rings. The van der Waals surface area contributed by atoms with Crippen LogP contribution < -0.4 is 19.5 Å². The molecule has 0 unspecified atom stereocenters. The summed E-state index contributed by atoms with van der Waals surface area (Å²) in [6.45, 7) is 1.84. The van der Waals surface area contributed by atoms with Gasteiger partial charge in [-0.25, -0.2) is 4.39 Å². The van der Waals surface area contributed by atoms with Gasteiger partial charge >= 0.3 is 0 Å². The zero-order valence-electron chi connectivity index (χ0n) is 15.3. The molecule has 0 amide bonds. The summed E-state index contributed by atoms with van der Waals surface area (Å²) in [5.74, 6) is 2.62. The minimum Gasteiger partial charge on any atom is -0.492 e. The first-order chi connectivity index (χ1) is 12.7. The molecular weight excluding hydrogens is 464 g/mol. The first-order valence-electron chi connectivity index (χ1n) is 8.34. The predicted octanol–water partition coefficient (Wildman–Crippen LogP) is 3.26. The van der Waals surface area contributed by atoms with Crippen LogP contribution in [0.2, 0.25) is 0 Å². The molecule has 0 fully saturated rings. The van der Waals surface area contributed by atoms with Gasteiger partial charge in [0, 0.05) is 26.7 Å². The quantitative estimate of drug-likeness (QED) is 0.294. The number of aliphatic imine (C=N–C) groups is 1. The summed E-state index contributed by atoms with van der Waals surface area (Å²) >= 11 is 0. The monoisotopic (exact) mass is 487 g/mol. The number of ether oxygens (including phenoxy) is 3. The topological polar surface area (TPSA) is 55.3 Å². The van der Waals surface area contributed by atoms with Gasteiger partial charge in [-0.1, -0.05) is 12.1 Å². The summed E-state index contributed by atoms with van der Waals surface area (Å²) in [7, 11) is 3.61. The van der Waals surface area contributed by atoms with Crippen molar-refractivity contribution in [3.05, 3.63) is 53.8 Å². The van der Waals surface area contributed by atoms with Crippen LogP contribution in [-0.2, 0) is 6.54 Å². The Kier molecular flexibility index (Phi) is 7.96. The van der Waals surface area contributed by atoms with E-state index >= 15 is 0 Å². The lowest BCUT2D eigenvalue weighted by atomic mass is 10.2. The molecule has 0 aromatic heterocycles. The highest BCUT2D eigenvalue weighted by Crippen LogP contribution is 2.34. The van der Waals surface area contributed by atoms with Gasteiger partial charge in [0.15, 0.2) is 17.5 Å². The molecule has 27 heavy (non-hydrogen) atoms. The number of fused-ring (bicyclic) bond motifs is 1. The van der Waals surface area contributed by atoms with E-state index in [0.717, 1.165) is 17.1 Å². The zero-order chi connectivity index (χ0) is 18.4. The van der Waals surface area contributed by atoms with Gasteiger partial charge in [0.25, 0.3) is 0 Å². The van der Waals surface area contributed by atoms with Gasteiger partial charge in [-0.3, -0.25) is 4.99 Å². The molecule has 1 N–H and O–H groups in total. The summed E-state index contributed by atoms with van der Waals surface area (Å²) in [6, 6.07) is 12.0. The maximum atomic E-state index is 13.3. The zero-order valence-corrected chi connectivity index (χ0v) is 17.6. The van der Waals surface area contributed by atoms with Gasteiger partial charge in [0.1, 0.15) is 18.2 Å². The fourth-order valence-electron chi connectivity index (χ4n) is 2.67. The molecular formula is C19H23FIN3O3. The summed E-state index contributed by atoms with van der Waals surface area (Å²) in [6.07, 6.45) is 0. The second-order valence-electron chi connectivity index (χ2n) is 5.82. The summed E-state index contributed by atoms with van der Waals surface area (Å²) in [4.78, 5) is 6.17. The number of rotatable bonds is 6. The van der Waals surface area contributed by atoms with Crippen molar-refractivity contribution in [1.82, 2.24) is 10.2 Å². The van der Waals surface area contributed by atoms with Crippen molar-refractivity contribution < 1.29 is 18.6 Å². The first kappa shape index (κ1) is 21.1. The Labute approximate surface area is 175 Å². The lowest BCUT2D eigenvalue weighted by Gasteiger charge is -2.22. The normalized spacial score (nSPS) is 12.3. The maximum Gasteiger partial charge on any atom is 0.231 e. The van der Waals surface area contributed by atoms with Crippen LogP contribution in [-0.4, -0.2) is 44.9 Å². The van der Waals surface area contributed by atoms with E-state index in [0.29, 0.717) is 31.4 Å². The van der Waals surface area contributed by atoms with E-state index in [2.05, 4.69) is 10.3 Å². The van der Waals surface area contributed by atoms with Crippen LogP contribution in [0.4, 0.5) is 4.39 Å². The number of hydrogen-bond acceptors (Lipinski definition) is 4. The highest BCUT2D eigenvalue weighted by Gasteiger charge is 2.13. The SMILES string of the molecule is CN=C(NCCOc1ccc2c(c1)OCO2)N(C)Cc1cccc(F)c1.I. The lowest BCUT2D eigenvalue weighted by molar-refractivity contribution is 0.173. The molecule has 0 aliphatic carbocycles. The molecule has 0 saturated carbocycles. The average molecular weight is 487 g/mol. The molecule has 6 nitrogen and oxygen atoms in total. The maximum absolute atomic E-state index is 13.3. The van der Waals surface area contributed by atoms with Crippen LogP contribution in [0.1, 0.15) is 5.56 Å². The van der Waals surface area contributed by atoms with Gasteiger partial charge in [-0.2, -0.15) is 0 Å². The molecule has 1 heterocycles. The van der Waals surface area contributed by atoms with Crippen molar-refractivity contribution in [3.8, 4) is 17.2 Å². The van der Waals surface area contributed by atoms with Crippen LogP contribution >= 0.6 is 24.0 Å². The van der Waals surface area contributed by atoms with E-state index in [9.17, 15) is 4.39 Å². The summed E-state index contributed by atoms with van der Waals surface area (Å²) in [5, 5.41) is 3.23. The van der Waals surface area contributed by atoms with Crippen LogP contribution in [0.3, 0.4) is 0 Å². The average Bonchev–Trinajstić information content (AvgIpc) is 3.09. The largest absolute Gasteiger partial charge is 0.492 e. The van der Waals surface area contributed by atoms with E-state index in [1.165, 1.54) is 12.1 Å². The highest BCUT2D eigenvalue weighted by molar-refractivity contribution is 14.0. The number of hydrogen-bond donors (Lipinski definition) is 1. The van der Waals surface area contributed by atoms with Crippen molar-refractivity contribution in [1.29, 1.82) is 0 Å². The van der Waals surface area contributed by atoms with Crippen molar-refractivity contribution in [2.45, 2.75) is 6.54 Å². The Morgan fingerprint density at radius 2 is 2.04 bits per heavy atom. The van der Waals surface area contributed by atoms with Crippen molar-refractivity contribution in [2.24, 2.45) is 4.99 Å². The molecule has 2 aromatic carbocycles. The molecule has 0 bridgehead atoms. The smallest absolute Gasteiger partial charge is 0.231 e. The van der Waals surface area contributed by atoms with E-state index in [1.807, 2.05) is 36.2 Å². The fourth-order valence-corrected chi connectivity index (χ4v) is 2.67. The van der Waals surface area contributed by atoms with Gasteiger partial charge in [-0.05, 0) is 29.8 Å². The molecule has 0 spiro atoms. The molecule has 0 atom stereocenters. The minimum absolute atomic E-state index is 0. The summed E-state index contributed by atoms with van der Waals surface area (Å²) in [5.41, 5.74) is 0.882. The number of benzene rings is 2. The Morgan fingerprint density at radius 3 is 2.81 bits per heavy atom. The number of halogens is 2. The Morgan fingerprint density at radius 1 is 1.22 bits per heavy atom. The summed E-state index contributed by atoms with van der Waals surface area (Å²) < 4.78 is 29.6. The third-order valence-corrected chi connectivity index (χ3v) is 3.88. The first-order valence-corrected chi connectivity index (χ1v) is 8.34. The van der Waals surface area contributed by atoms with Crippen LogP contribution in [0.25, 0.3) is 0 Å². The number of nitrogens with zero attached hydrogens (tertiary/aromatic N) is 2.